The van der Waals surface area contributed by atoms with Gasteiger partial charge in [-0.3, -0.25) is 0 Å². The predicted molar refractivity (Wildman–Crippen MR) is 186 cm³/mol. The number of aromatic hydroxyl groups is 1. The number of rotatable bonds is 7. The fourth-order valence-electron chi connectivity index (χ4n) is 9.26. The predicted octanol–water partition coefficient (Wildman–Crippen LogP) is 6.89. The highest BCUT2D eigenvalue weighted by molar-refractivity contribution is 6.03. The maximum atomic E-state index is 17.2. The molecule has 0 unspecified atom stereocenters. The first kappa shape index (κ1) is 33.5. The van der Waals surface area contributed by atoms with E-state index >= 15 is 8.78 Å². The number of piperidine rings is 1. The van der Waals surface area contributed by atoms with Gasteiger partial charge in [0.25, 0.3) is 0 Å². The SMILES string of the molecule is C#Cc1c(F)ccc2cc(O)cc(-c3nc4c5c(nc(OCC6(CN7CCC(CC(F)(F)F)CC7)CC6)nc5c3F)N3C[C@H]5CC[C@H](N5)[C@H]3CC4)c12. The molecule has 2 aromatic carbocycles. The van der Waals surface area contributed by atoms with E-state index in [1.807, 2.05) is 0 Å². The number of alkyl halides is 3. The lowest BCUT2D eigenvalue weighted by Crippen LogP contribution is -2.58. The van der Waals surface area contributed by atoms with E-state index in [1.165, 1.54) is 24.3 Å². The van der Waals surface area contributed by atoms with E-state index in [1.54, 1.807) is 0 Å². The lowest BCUT2D eigenvalue weighted by molar-refractivity contribution is -0.147. The Labute approximate surface area is 297 Å². The molecule has 2 N–H and O–H groups in total. The van der Waals surface area contributed by atoms with Crippen molar-refractivity contribution in [2.45, 2.75) is 82.1 Å². The number of anilines is 1. The van der Waals surface area contributed by atoms with Crippen LogP contribution in [-0.2, 0) is 6.42 Å². The average molecular weight is 719 g/mol. The molecular formula is C39H39F5N6O2. The molecule has 0 spiro atoms. The molecule has 1 saturated carbocycles. The van der Waals surface area contributed by atoms with E-state index in [-0.39, 0.29) is 68.9 Å². The Balaban J connectivity index is 1.09. The Morgan fingerprint density at radius 2 is 1.83 bits per heavy atom. The number of benzene rings is 2. The normalized spacial score (nSPS) is 24.2. The third kappa shape index (κ3) is 5.97. The second-order valence-corrected chi connectivity index (χ2v) is 15.6. The molecule has 4 aliphatic heterocycles. The lowest BCUT2D eigenvalue weighted by Gasteiger charge is -2.41. The number of nitrogens with one attached hydrogen (secondary N) is 1. The number of fused-ring (bicyclic) bond motifs is 6. The highest BCUT2D eigenvalue weighted by Gasteiger charge is 2.47. The zero-order valence-electron chi connectivity index (χ0n) is 28.6. The molecule has 3 saturated heterocycles. The van der Waals surface area contributed by atoms with Gasteiger partial charge in [-0.15, -0.1) is 6.42 Å². The van der Waals surface area contributed by atoms with Crippen LogP contribution in [0.2, 0.25) is 0 Å². The van der Waals surface area contributed by atoms with Gasteiger partial charge in [0, 0.05) is 54.0 Å². The number of ether oxygens (including phenoxy) is 1. The van der Waals surface area contributed by atoms with Crippen molar-refractivity contribution in [3.05, 3.63) is 47.2 Å². The number of phenolic OH excluding ortho intramolecular Hbond substituents is 1. The zero-order valence-corrected chi connectivity index (χ0v) is 28.6. The van der Waals surface area contributed by atoms with Crippen LogP contribution in [0.3, 0.4) is 0 Å². The van der Waals surface area contributed by atoms with Crippen LogP contribution >= 0.6 is 0 Å². The van der Waals surface area contributed by atoms with Gasteiger partial charge in [0.05, 0.1) is 23.3 Å². The summed E-state index contributed by atoms with van der Waals surface area (Å²) in [6.07, 6.45) is 7.08. The number of halogens is 5. The van der Waals surface area contributed by atoms with Gasteiger partial charge in [-0.1, -0.05) is 12.0 Å². The second kappa shape index (κ2) is 12.4. The molecule has 3 atom stereocenters. The largest absolute Gasteiger partial charge is 0.508 e. The van der Waals surface area contributed by atoms with E-state index in [4.69, 9.17) is 26.1 Å². The molecule has 2 aromatic heterocycles. The molecule has 272 valence electrons. The minimum absolute atomic E-state index is 0.0401. The Morgan fingerprint density at radius 3 is 2.58 bits per heavy atom. The van der Waals surface area contributed by atoms with Gasteiger partial charge in [-0.2, -0.15) is 23.1 Å². The summed E-state index contributed by atoms with van der Waals surface area (Å²) in [7, 11) is 0. The fraction of sp³-hybridized carbons (Fsp3) is 0.513. The van der Waals surface area contributed by atoms with Crippen LogP contribution in [-0.4, -0.2) is 82.0 Å². The minimum atomic E-state index is -4.14. The molecule has 52 heavy (non-hydrogen) atoms. The number of aryl methyl sites for hydroxylation is 1. The van der Waals surface area contributed by atoms with Gasteiger partial charge >= 0.3 is 12.2 Å². The monoisotopic (exact) mass is 718 g/mol. The first-order chi connectivity index (χ1) is 25.0. The smallest absolute Gasteiger partial charge is 0.389 e. The Morgan fingerprint density at radius 1 is 1.02 bits per heavy atom. The standard InChI is InChI=1S/C39H39F5N6O2/c1-2-25-27(40)5-3-22-15-24(51)16-26(31(22)25)34-33(41)35-32-29(46-34)7-8-30-28-6-4-23(45-28)18-50(30)36(32)48-37(47-35)52-20-38(11-12-38)19-49-13-9-21(10-14-49)17-39(42,43)44/h1,3,5,15-16,21,23,28,30,45,51H,4,6-14,17-20H2/t23-,28+,30-/m1/s1. The van der Waals surface area contributed by atoms with Crippen molar-refractivity contribution in [3.8, 4) is 35.4 Å². The van der Waals surface area contributed by atoms with Gasteiger partial charge in [0.1, 0.15) is 28.6 Å². The molecule has 0 amide bonds. The number of nitrogens with zero attached hydrogens (tertiary/aromatic N) is 5. The first-order valence-electron chi connectivity index (χ1n) is 18.2. The van der Waals surface area contributed by atoms with Crippen LogP contribution in [0.15, 0.2) is 24.3 Å². The summed E-state index contributed by atoms with van der Waals surface area (Å²) in [4.78, 5) is 19.0. The van der Waals surface area contributed by atoms with Gasteiger partial charge in [0.15, 0.2) is 5.82 Å². The zero-order chi connectivity index (χ0) is 35.9. The van der Waals surface area contributed by atoms with E-state index in [9.17, 15) is 18.3 Å². The Hall–Kier alpha value is -4.28. The van der Waals surface area contributed by atoms with Gasteiger partial charge in [-0.25, -0.2) is 13.8 Å². The highest BCUT2D eigenvalue weighted by Crippen LogP contribution is 2.48. The molecule has 6 heterocycles. The number of piperazine rings is 1. The molecule has 4 aromatic rings. The van der Waals surface area contributed by atoms with Crippen molar-refractivity contribution in [2.75, 3.05) is 37.7 Å². The third-order valence-electron chi connectivity index (χ3n) is 12.0. The van der Waals surface area contributed by atoms with Crippen molar-refractivity contribution in [1.82, 2.24) is 25.2 Å². The number of pyridine rings is 1. The number of terminal acetylenes is 1. The van der Waals surface area contributed by atoms with Gasteiger partial charge in [-0.05, 0) is 94.0 Å². The fourth-order valence-corrected chi connectivity index (χ4v) is 9.26. The van der Waals surface area contributed by atoms with Crippen molar-refractivity contribution in [3.63, 3.8) is 0 Å². The summed E-state index contributed by atoms with van der Waals surface area (Å²) in [6, 6.07) is 6.20. The van der Waals surface area contributed by atoms with Crippen LogP contribution in [0.4, 0.5) is 27.8 Å². The number of likely N-dealkylation sites (tertiary alicyclic amines) is 1. The molecule has 1 aliphatic carbocycles. The van der Waals surface area contributed by atoms with E-state index in [0.29, 0.717) is 74.3 Å². The topological polar surface area (TPSA) is 86.6 Å². The number of aromatic nitrogens is 3. The molecule has 2 bridgehead atoms. The summed E-state index contributed by atoms with van der Waals surface area (Å²) in [5, 5.41) is 15.7. The van der Waals surface area contributed by atoms with Crippen LogP contribution in [0.25, 0.3) is 32.9 Å². The molecule has 5 aliphatic rings. The molecule has 13 heteroatoms. The van der Waals surface area contributed by atoms with Crippen molar-refractivity contribution < 1.29 is 31.8 Å². The minimum Gasteiger partial charge on any atom is -0.508 e. The molecule has 8 nitrogen and oxygen atoms in total. The third-order valence-corrected chi connectivity index (χ3v) is 12.0. The summed E-state index contributed by atoms with van der Waals surface area (Å²) in [6.45, 7) is 2.94. The molecule has 4 fully saturated rings. The lowest BCUT2D eigenvalue weighted by atomic mass is 9.92. The Bertz CT molecular complexity index is 2120. The van der Waals surface area contributed by atoms with Crippen molar-refractivity contribution >= 4 is 27.5 Å². The summed E-state index contributed by atoms with van der Waals surface area (Å²) >= 11 is 0. The maximum Gasteiger partial charge on any atom is 0.389 e. The van der Waals surface area contributed by atoms with Crippen LogP contribution in [0.1, 0.15) is 62.6 Å². The summed E-state index contributed by atoms with van der Waals surface area (Å²) in [5.74, 6) is 1.12. The van der Waals surface area contributed by atoms with E-state index in [2.05, 4.69) is 21.0 Å². The van der Waals surface area contributed by atoms with E-state index < -0.39 is 24.2 Å². The molecular weight excluding hydrogens is 679 g/mol. The molecule has 9 rings (SSSR count). The van der Waals surface area contributed by atoms with Crippen LogP contribution < -0.4 is 15.0 Å². The second-order valence-electron chi connectivity index (χ2n) is 15.6. The van der Waals surface area contributed by atoms with Crippen LogP contribution in [0.5, 0.6) is 11.8 Å². The van der Waals surface area contributed by atoms with Gasteiger partial charge < -0.3 is 25.0 Å². The first-order valence-corrected chi connectivity index (χ1v) is 18.2. The number of hydrogen-bond donors (Lipinski definition) is 2. The van der Waals surface area contributed by atoms with Gasteiger partial charge in [0.2, 0.25) is 0 Å². The quantitative estimate of drug-likeness (QED) is 0.158. The maximum absolute atomic E-state index is 17.2. The molecule has 0 radical (unpaired) electrons. The van der Waals surface area contributed by atoms with Crippen molar-refractivity contribution in [1.29, 1.82) is 0 Å². The average Bonchev–Trinajstić information content (AvgIpc) is 3.80. The summed E-state index contributed by atoms with van der Waals surface area (Å²) < 4.78 is 77.4. The highest BCUT2D eigenvalue weighted by atomic mass is 19.4. The number of phenols is 1. The Kier molecular flexibility index (Phi) is 8.00. The summed E-state index contributed by atoms with van der Waals surface area (Å²) in [5.41, 5.74) is 0.501. The van der Waals surface area contributed by atoms with E-state index in [0.717, 1.165) is 32.1 Å². The number of hydrogen-bond acceptors (Lipinski definition) is 8. The van der Waals surface area contributed by atoms with Crippen LogP contribution in [0, 0.1) is 35.3 Å². The van der Waals surface area contributed by atoms with Crippen molar-refractivity contribution in [2.24, 2.45) is 11.3 Å².